The molecule has 0 amide bonds. The van der Waals surface area contributed by atoms with Crippen molar-refractivity contribution in [2.24, 2.45) is 21.7 Å². The maximum atomic E-state index is 5.96. The highest BCUT2D eigenvalue weighted by Gasteiger charge is 2.08. The molecule has 0 heterocycles. The first-order valence-corrected chi connectivity index (χ1v) is 4.85. The standard InChI is InChI=1S/C9H10Cl2N4/c1-5(14-15-9(12)13)8-6(10)3-2-4-7(8)11/h2-4H,1H3,(H4,12,13,15)/b14-5+. The Hall–Kier alpha value is -1.26. The Morgan fingerprint density at radius 2 is 1.67 bits per heavy atom. The fourth-order valence-electron chi connectivity index (χ4n) is 1.03. The Morgan fingerprint density at radius 1 is 1.13 bits per heavy atom. The van der Waals surface area contributed by atoms with Gasteiger partial charge in [-0.3, -0.25) is 0 Å². The van der Waals surface area contributed by atoms with E-state index in [1.165, 1.54) is 0 Å². The van der Waals surface area contributed by atoms with E-state index in [4.69, 9.17) is 34.7 Å². The molecule has 1 rings (SSSR count). The molecule has 0 saturated carbocycles. The zero-order valence-corrected chi connectivity index (χ0v) is 9.55. The molecular formula is C9H10Cl2N4. The van der Waals surface area contributed by atoms with Crippen LogP contribution >= 0.6 is 23.2 Å². The van der Waals surface area contributed by atoms with Crippen LogP contribution in [0, 0.1) is 0 Å². The molecule has 0 fully saturated rings. The topological polar surface area (TPSA) is 76.8 Å². The van der Waals surface area contributed by atoms with Crippen molar-refractivity contribution < 1.29 is 0 Å². The number of guanidine groups is 1. The van der Waals surface area contributed by atoms with E-state index in [-0.39, 0.29) is 5.96 Å². The van der Waals surface area contributed by atoms with Crippen molar-refractivity contribution >= 4 is 34.9 Å². The van der Waals surface area contributed by atoms with Crippen LogP contribution in [0.5, 0.6) is 0 Å². The number of hydrogen-bond acceptors (Lipinski definition) is 2. The third kappa shape index (κ3) is 3.11. The lowest BCUT2D eigenvalue weighted by molar-refractivity contribution is 1.20. The van der Waals surface area contributed by atoms with Gasteiger partial charge in [0.15, 0.2) is 0 Å². The second-order valence-corrected chi connectivity index (χ2v) is 3.62. The van der Waals surface area contributed by atoms with Crippen molar-refractivity contribution in [2.45, 2.75) is 6.92 Å². The van der Waals surface area contributed by atoms with Crippen molar-refractivity contribution in [1.82, 2.24) is 0 Å². The fourth-order valence-corrected chi connectivity index (χ4v) is 1.70. The Morgan fingerprint density at radius 3 is 2.13 bits per heavy atom. The molecular weight excluding hydrogens is 235 g/mol. The number of benzene rings is 1. The van der Waals surface area contributed by atoms with Gasteiger partial charge in [0.05, 0.1) is 15.8 Å². The SMILES string of the molecule is C/C(=N\N=C(N)N)c1c(Cl)cccc1Cl. The zero-order chi connectivity index (χ0) is 11.4. The van der Waals surface area contributed by atoms with E-state index in [1.807, 2.05) is 0 Å². The van der Waals surface area contributed by atoms with Crippen LogP contribution in [-0.2, 0) is 0 Å². The van der Waals surface area contributed by atoms with Gasteiger partial charge < -0.3 is 11.5 Å². The molecule has 0 aliphatic rings. The molecule has 80 valence electrons. The third-order valence-electron chi connectivity index (χ3n) is 1.64. The molecule has 1 aromatic rings. The third-order valence-corrected chi connectivity index (χ3v) is 2.27. The van der Waals surface area contributed by atoms with Gasteiger partial charge in [0.2, 0.25) is 5.96 Å². The van der Waals surface area contributed by atoms with Crippen LogP contribution in [0.1, 0.15) is 12.5 Å². The molecule has 4 nitrogen and oxygen atoms in total. The van der Waals surface area contributed by atoms with E-state index in [0.29, 0.717) is 21.3 Å². The molecule has 15 heavy (non-hydrogen) atoms. The molecule has 4 N–H and O–H groups in total. The van der Waals surface area contributed by atoms with Crippen LogP contribution in [0.15, 0.2) is 28.4 Å². The minimum atomic E-state index is -0.113. The fraction of sp³-hybridized carbons (Fsp3) is 0.111. The van der Waals surface area contributed by atoms with E-state index in [9.17, 15) is 0 Å². The second-order valence-electron chi connectivity index (χ2n) is 2.81. The molecule has 0 aliphatic carbocycles. The number of nitrogens with zero attached hydrogens (tertiary/aromatic N) is 2. The summed E-state index contributed by atoms with van der Waals surface area (Å²) in [5.74, 6) is -0.113. The van der Waals surface area contributed by atoms with Gasteiger partial charge in [-0.1, -0.05) is 29.3 Å². The molecule has 0 unspecified atom stereocenters. The molecule has 0 aromatic heterocycles. The molecule has 0 saturated heterocycles. The van der Waals surface area contributed by atoms with E-state index >= 15 is 0 Å². The van der Waals surface area contributed by atoms with Gasteiger partial charge in [-0.2, -0.15) is 5.10 Å². The van der Waals surface area contributed by atoms with Gasteiger partial charge in [0, 0.05) is 5.56 Å². The molecule has 0 radical (unpaired) electrons. The van der Waals surface area contributed by atoms with Crippen LogP contribution in [0.4, 0.5) is 0 Å². The van der Waals surface area contributed by atoms with Gasteiger partial charge in [-0.25, -0.2) is 0 Å². The van der Waals surface area contributed by atoms with Gasteiger partial charge in [-0.15, -0.1) is 5.10 Å². The van der Waals surface area contributed by atoms with E-state index in [0.717, 1.165) is 0 Å². The predicted molar refractivity (Wildman–Crippen MR) is 64.5 cm³/mol. The van der Waals surface area contributed by atoms with Gasteiger partial charge in [0.1, 0.15) is 0 Å². The first kappa shape index (κ1) is 11.8. The summed E-state index contributed by atoms with van der Waals surface area (Å²) >= 11 is 11.9. The molecule has 1 aromatic carbocycles. The highest BCUT2D eigenvalue weighted by atomic mass is 35.5. The summed E-state index contributed by atoms with van der Waals surface area (Å²) < 4.78 is 0. The van der Waals surface area contributed by atoms with Crippen LogP contribution in [0.25, 0.3) is 0 Å². The normalized spacial score (nSPS) is 11.3. The average Bonchev–Trinajstić information content (AvgIpc) is 2.14. The lowest BCUT2D eigenvalue weighted by Gasteiger charge is -2.04. The highest BCUT2D eigenvalue weighted by Crippen LogP contribution is 2.24. The monoisotopic (exact) mass is 244 g/mol. The first-order chi connectivity index (χ1) is 7.02. The summed E-state index contributed by atoms with van der Waals surface area (Å²) in [5, 5.41) is 8.34. The highest BCUT2D eigenvalue weighted by molar-refractivity contribution is 6.40. The molecule has 0 aliphatic heterocycles. The van der Waals surface area contributed by atoms with Gasteiger partial charge in [-0.05, 0) is 19.1 Å². The largest absolute Gasteiger partial charge is 0.369 e. The number of halogens is 2. The van der Waals surface area contributed by atoms with Crippen LogP contribution in [0.2, 0.25) is 10.0 Å². The Labute approximate surface area is 97.6 Å². The number of hydrogen-bond donors (Lipinski definition) is 2. The summed E-state index contributed by atoms with van der Waals surface area (Å²) in [6.45, 7) is 1.72. The summed E-state index contributed by atoms with van der Waals surface area (Å²) in [7, 11) is 0. The van der Waals surface area contributed by atoms with E-state index < -0.39 is 0 Å². The first-order valence-electron chi connectivity index (χ1n) is 4.10. The van der Waals surface area contributed by atoms with Crippen LogP contribution < -0.4 is 11.5 Å². The van der Waals surface area contributed by atoms with Crippen molar-refractivity contribution in [3.05, 3.63) is 33.8 Å². The smallest absolute Gasteiger partial charge is 0.211 e. The van der Waals surface area contributed by atoms with Crippen LogP contribution in [0.3, 0.4) is 0 Å². The Balaban J connectivity index is 3.16. The number of nitrogens with two attached hydrogens (primary N) is 2. The lowest BCUT2D eigenvalue weighted by atomic mass is 10.1. The number of rotatable bonds is 2. The zero-order valence-electron chi connectivity index (χ0n) is 8.04. The van der Waals surface area contributed by atoms with E-state index in [1.54, 1.807) is 25.1 Å². The van der Waals surface area contributed by atoms with Gasteiger partial charge >= 0.3 is 0 Å². The Kier molecular flexibility index (Phi) is 3.94. The summed E-state index contributed by atoms with van der Waals surface area (Å²) in [5.41, 5.74) is 11.5. The van der Waals surface area contributed by atoms with Gasteiger partial charge in [0.25, 0.3) is 0 Å². The minimum Gasteiger partial charge on any atom is -0.369 e. The summed E-state index contributed by atoms with van der Waals surface area (Å²) in [6, 6.07) is 5.19. The molecule has 6 heteroatoms. The molecule has 0 atom stereocenters. The predicted octanol–water partition coefficient (Wildman–Crippen LogP) is 1.99. The second kappa shape index (κ2) is 5.00. The van der Waals surface area contributed by atoms with Crippen molar-refractivity contribution in [3.63, 3.8) is 0 Å². The average molecular weight is 245 g/mol. The molecule has 0 bridgehead atoms. The minimum absolute atomic E-state index is 0.113. The van der Waals surface area contributed by atoms with Crippen molar-refractivity contribution in [2.75, 3.05) is 0 Å². The maximum absolute atomic E-state index is 5.96. The quantitative estimate of drug-likeness (QED) is 0.475. The summed E-state index contributed by atoms with van der Waals surface area (Å²) in [4.78, 5) is 0. The Bertz CT molecular complexity index is 402. The lowest BCUT2D eigenvalue weighted by Crippen LogP contribution is -2.22. The maximum Gasteiger partial charge on any atom is 0.211 e. The van der Waals surface area contributed by atoms with Crippen LogP contribution in [-0.4, -0.2) is 11.7 Å². The summed E-state index contributed by atoms with van der Waals surface area (Å²) in [6.07, 6.45) is 0. The van der Waals surface area contributed by atoms with E-state index in [2.05, 4.69) is 10.2 Å². The van der Waals surface area contributed by atoms with Crippen molar-refractivity contribution in [1.29, 1.82) is 0 Å². The van der Waals surface area contributed by atoms with Crippen molar-refractivity contribution in [3.8, 4) is 0 Å². The molecule has 0 spiro atoms.